The number of para-hydroxylation sites is 1. The molecule has 1 aliphatic carbocycles. The van der Waals surface area contributed by atoms with E-state index >= 15 is 0 Å². The van der Waals surface area contributed by atoms with Gasteiger partial charge in [0, 0.05) is 19.1 Å². The third kappa shape index (κ3) is 2.91. The number of hydrogen-bond donors (Lipinski definition) is 1. The number of rotatable bonds is 5. The molecule has 1 fully saturated rings. The normalized spacial score (nSPS) is 26.8. The van der Waals surface area contributed by atoms with Gasteiger partial charge in [0.2, 0.25) is 0 Å². The van der Waals surface area contributed by atoms with Gasteiger partial charge >= 0.3 is 0 Å². The Morgan fingerprint density at radius 3 is 2.56 bits per heavy atom. The molecular weight excluding hydrogens is 273 g/mol. The Hall–Kier alpha value is -0.480. The van der Waals surface area contributed by atoms with E-state index in [2.05, 4.69) is 6.92 Å². The maximum atomic E-state index is 6.06. The van der Waals surface area contributed by atoms with Crippen molar-refractivity contribution < 1.29 is 9.47 Å². The van der Waals surface area contributed by atoms with Crippen LogP contribution in [0.25, 0.3) is 0 Å². The molecular formula is C13H17Cl2NO2. The Kier molecular flexibility index (Phi) is 4.73. The van der Waals surface area contributed by atoms with Crippen LogP contribution in [0.5, 0.6) is 5.75 Å². The van der Waals surface area contributed by atoms with Crippen LogP contribution >= 0.6 is 23.2 Å². The molecule has 0 spiro atoms. The summed E-state index contributed by atoms with van der Waals surface area (Å²) in [5.41, 5.74) is 5.91. The van der Waals surface area contributed by atoms with Crippen LogP contribution in [0.2, 0.25) is 10.0 Å². The van der Waals surface area contributed by atoms with Crippen LogP contribution in [0.4, 0.5) is 0 Å². The molecule has 1 aromatic rings. The van der Waals surface area contributed by atoms with Crippen LogP contribution in [0.15, 0.2) is 18.2 Å². The molecule has 0 amide bonds. The van der Waals surface area contributed by atoms with Crippen LogP contribution in [0, 0.1) is 0 Å². The second kappa shape index (κ2) is 6.11. The highest BCUT2D eigenvalue weighted by atomic mass is 35.5. The third-order valence-corrected chi connectivity index (χ3v) is 3.59. The third-order valence-electron chi connectivity index (χ3n) is 3.00. The van der Waals surface area contributed by atoms with Crippen molar-refractivity contribution in [3.63, 3.8) is 0 Å². The zero-order valence-electron chi connectivity index (χ0n) is 10.2. The Labute approximate surface area is 117 Å². The minimum absolute atomic E-state index is 0.0304. The fourth-order valence-electron chi connectivity index (χ4n) is 1.96. The molecule has 0 bridgehead atoms. The van der Waals surface area contributed by atoms with Gasteiger partial charge in [0.25, 0.3) is 0 Å². The van der Waals surface area contributed by atoms with Gasteiger partial charge in [-0.1, -0.05) is 36.2 Å². The van der Waals surface area contributed by atoms with Crippen molar-refractivity contribution in [3.8, 4) is 5.75 Å². The quantitative estimate of drug-likeness (QED) is 0.905. The fourth-order valence-corrected chi connectivity index (χ4v) is 2.45. The second-order valence-corrected chi connectivity index (χ2v) is 5.26. The van der Waals surface area contributed by atoms with E-state index in [9.17, 15) is 0 Å². The standard InChI is InChI=1S/C13H17Cl2NO2/c1-2-6-17-13-10(16)7-11(13)18-12-8(14)4-3-5-9(12)15/h3-5,10-11,13H,2,6-7,16H2,1H3. The fraction of sp³-hybridized carbons (Fsp3) is 0.538. The Morgan fingerprint density at radius 2 is 2.00 bits per heavy atom. The van der Waals surface area contributed by atoms with Crippen molar-refractivity contribution in [2.45, 2.75) is 38.0 Å². The van der Waals surface area contributed by atoms with E-state index in [-0.39, 0.29) is 18.2 Å². The van der Waals surface area contributed by atoms with E-state index in [1.165, 1.54) is 0 Å². The lowest BCUT2D eigenvalue weighted by Crippen LogP contribution is -2.59. The van der Waals surface area contributed by atoms with Crippen molar-refractivity contribution in [1.29, 1.82) is 0 Å². The predicted molar refractivity (Wildman–Crippen MR) is 73.5 cm³/mol. The molecule has 2 N–H and O–H groups in total. The lowest BCUT2D eigenvalue weighted by atomic mass is 9.86. The summed E-state index contributed by atoms with van der Waals surface area (Å²) in [7, 11) is 0. The molecule has 100 valence electrons. The van der Waals surface area contributed by atoms with Gasteiger partial charge in [-0.2, -0.15) is 0 Å². The van der Waals surface area contributed by atoms with E-state index in [4.69, 9.17) is 38.4 Å². The first-order valence-electron chi connectivity index (χ1n) is 6.11. The van der Waals surface area contributed by atoms with Gasteiger partial charge in [-0.3, -0.25) is 0 Å². The monoisotopic (exact) mass is 289 g/mol. The molecule has 3 nitrogen and oxygen atoms in total. The summed E-state index contributed by atoms with van der Waals surface area (Å²) >= 11 is 12.1. The number of nitrogens with two attached hydrogens (primary N) is 1. The van der Waals surface area contributed by atoms with Crippen LogP contribution < -0.4 is 10.5 Å². The molecule has 1 aliphatic rings. The molecule has 0 aliphatic heterocycles. The van der Waals surface area contributed by atoms with E-state index < -0.39 is 0 Å². The molecule has 0 heterocycles. The Bertz CT molecular complexity index is 394. The van der Waals surface area contributed by atoms with Crippen LogP contribution in [-0.4, -0.2) is 24.9 Å². The second-order valence-electron chi connectivity index (χ2n) is 4.44. The summed E-state index contributed by atoms with van der Waals surface area (Å²) in [4.78, 5) is 0. The number of benzene rings is 1. The molecule has 0 radical (unpaired) electrons. The smallest absolute Gasteiger partial charge is 0.157 e. The molecule has 1 aromatic carbocycles. The predicted octanol–water partition coefficient (Wildman–Crippen LogP) is 3.27. The van der Waals surface area contributed by atoms with Gasteiger partial charge in [-0.05, 0) is 18.6 Å². The van der Waals surface area contributed by atoms with Crippen molar-refractivity contribution >= 4 is 23.2 Å². The minimum Gasteiger partial charge on any atom is -0.484 e. The Morgan fingerprint density at radius 1 is 1.33 bits per heavy atom. The number of halogens is 2. The van der Waals surface area contributed by atoms with E-state index in [1.54, 1.807) is 18.2 Å². The zero-order chi connectivity index (χ0) is 13.1. The molecule has 3 atom stereocenters. The summed E-state index contributed by atoms with van der Waals surface area (Å²) in [6.07, 6.45) is 1.58. The first kappa shape index (κ1) is 13.9. The SMILES string of the molecule is CCCOC1C(N)CC1Oc1c(Cl)cccc1Cl. The van der Waals surface area contributed by atoms with Gasteiger partial charge in [0.1, 0.15) is 12.2 Å². The highest BCUT2D eigenvalue weighted by Gasteiger charge is 2.42. The Balaban J connectivity index is 2.01. The average molecular weight is 290 g/mol. The van der Waals surface area contributed by atoms with Gasteiger partial charge in [-0.15, -0.1) is 0 Å². The topological polar surface area (TPSA) is 44.5 Å². The van der Waals surface area contributed by atoms with Crippen molar-refractivity contribution in [2.24, 2.45) is 5.73 Å². The van der Waals surface area contributed by atoms with Crippen LogP contribution in [0.3, 0.4) is 0 Å². The maximum absolute atomic E-state index is 6.06. The number of hydrogen-bond acceptors (Lipinski definition) is 3. The van der Waals surface area contributed by atoms with Crippen molar-refractivity contribution in [3.05, 3.63) is 28.2 Å². The number of ether oxygens (including phenoxy) is 2. The molecule has 0 saturated heterocycles. The first-order valence-corrected chi connectivity index (χ1v) is 6.87. The highest BCUT2D eigenvalue weighted by molar-refractivity contribution is 6.37. The zero-order valence-corrected chi connectivity index (χ0v) is 11.7. The summed E-state index contributed by atoms with van der Waals surface area (Å²) in [5, 5.41) is 1.02. The lowest BCUT2D eigenvalue weighted by molar-refractivity contribution is -0.0979. The van der Waals surface area contributed by atoms with Crippen molar-refractivity contribution in [1.82, 2.24) is 0 Å². The van der Waals surface area contributed by atoms with E-state index in [1.807, 2.05) is 0 Å². The van der Waals surface area contributed by atoms with Crippen LogP contribution in [0.1, 0.15) is 19.8 Å². The van der Waals surface area contributed by atoms with Crippen LogP contribution in [-0.2, 0) is 4.74 Å². The summed E-state index contributed by atoms with van der Waals surface area (Å²) in [6, 6.07) is 5.32. The molecule has 2 rings (SSSR count). The molecule has 3 unspecified atom stereocenters. The molecule has 0 aromatic heterocycles. The molecule has 1 saturated carbocycles. The maximum Gasteiger partial charge on any atom is 0.157 e. The van der Waals surface area contributed by atoms with E-state index in [0.29, 0.717) is 22.4 Å². The average Bonchev–Trinajstić information content (AvgIpc) is 2.33. The van der Waals surface area contributed by atoms with Gasteiger partial charge in [-0.25, -0.2) is 0 Å². The minimum atomic E-state index is -0.0720. The molecule has 5 heteroatoms. The van der Waals surface area contributed by atoms with Gasteiger partial charge in [0.15, 0.2) is 5.75 Å². The highest BCUT2D eigenvalue weighted by Crippen LogP contribution is 2.36. The summed E-state index contributed by atoms with van der Waals surface area (Å²) in [6.45, 7) is 2.75. The van der Waals surface area contributed by atoms with Gasteiger partial charge in [0.05, 0.1) is 10.0 Å². The molecule has 18 heavy (non-hydrogen) atoms. The first-order chi connectivity index (χ1) is 8.63. The van der Waals surface area contributed by atoms with E-state index in [0.717, 1.165) is 12.8 Å². The summed E-state index contributed by atoms with van der Waals surface area (Å²) in [5.74, 6) is 0.517. The summed E-state index contributed by atoms with van der Waals surface area (Å²) < 4.78 is 11.5. The van der Waals surface area contributed by atoms with Gasteiger partial charge < -0.3 is 15.2 Å². The largest absolute Gasteiger partial charge is 0.484 e. The van der Waals surface area contributed by atoms with Crippen molar-refractivity contribution in [2.75, 3.05) is 6.61 Å². The lowest BCUT2D eigenvalue weighted by Gasteiger charge is -2.42.